The van der Waals surface area contributed by atoms with Gasteiger partial charge in [0.25, 0.3) is 0 Å². The number of nitriles is 1. The van der Waals surface area contributed by atoms with Crippen molar-refractivity contribution in [2.75, 3.05) is 5.32 Å². The van der Waals surface area contributed by atoms with Crippen molar-refractivity contribution in [2.24, 2.45) is 11.1 Å². The van der Waals surface area contributed by atoms with Crippen LogP contribution in [0.15, 0.2) is 29.2 Å². The lowest BCUT2D eigenvalue weighted by molar-refractivity contribution is -0.118. The molecule has 0 fully saturated rings. The summed E-state index contributed by atoms with van der Waals surface area (Å²) in [4.78, 5) is 11.7. The molecule has 0 spiro atoms. The Morgan fingerprint density at radius 1 is 1.47 bits per heavy atom. The van der Waals surface area contributed by atoms with E-state index in [-0.39, 0.29) is 10.6 Å². The molecule has 1 aromatic carbocycles. The zero-order valence-electron chi connectivity index (χ0n) is 10.5. The fourth-order valence-corrected chi connectivity index (χ4v) is 2.27. The van der Waals surface area contributed by atoms with Crippen LogP contribution in [-0.2, 0) is 14.8 Å². The standard InChI is InChI=1S/C12H15N3O3S/c1-2-5-9(8-13)12(16)15-10-6-3-4-7-11(10)19(14,17)18/h3-4,6-7,9H,2,5H2,1H3,(H,15,16)(H2,14,17,18). The van der Waals surface area contributed by atoms with Crippen molar-refractivity contribution in [2.45, 2.75) is 24.7 Å². The summed E-state index contributed by atoms with van der Waals surface area (Å²) in [5.74, 6) is -1.33. The van der Waals surface area contributed by atoms with E-state index in [1.807, 2.05) is 13.0 Å². The molecular formula is C12H15N3O3S. The van der Waals surface area contributed by atoms with Crippen molar-refractivity contribution in [1.82, 2.24) is 0 Å². The third kappa shape index (κ3) is 4.05. The van der Waals surface area contributed by atoms with Crippen molar-refractivity contribution in [3.8, 4) is 6.07 Å². The van der Waals surface area contributed by atoms with Crippen LogP contribution in [0.2, 0.25) is 0 Å². The summed E-state index contributed by atoms with van der Waals surface area (Å²) in [6, 6.07) is 7.69. The first kappa shape index (κ1) is 15.1. The number of amides is 1. The van der Waals surface area contributed by atoms with Crippen LogP contribution in [0, 0.1) is 17.2 Å². The number of para-hydroxylation sites is 1. The van der Waals surface area contributed by atoms with Gasteiger partial charge < -0.3 is 5.32 Å². The van der Waals surface area contributed by atoms with E-state index in [4.69, 9.17) is 10.4 Å². The maximum Gasteiger partial charge on any atom is 0.241 e. The van der Waals surface area contributed by atoms with Gasteiger partial charge in [-0.25, -0.2) is 13.6 Å². The Hall–Kier alpha value is -1.91. The zero-order chi connectivity index (χ0) is 14.5. The number of benzene rings is 1. The number of nitrogens with two attached hydrogens (primary N) is 1. The number of carbonyl (C=O) groups excluding carboxylic acids is 1. The van der Waals surface area contributed by atoms with Crippen molar-refractivity contribution in [3.63, 3.8) is 0 Å². The molecule has 3 N–H and O–H groups in total. The molecule has 1 amide bonds. The third-order valence-electron chi connectivity index (χ3n) is 2.50. The molecule has 0 aliphatic carbocycles. The second kappa shape index (κ2) is 6.31. The molecule has 0 saturated heterocycles. The van der Waals surface area contributed by atoms with Crippen LogP contribution in [-0.4, -0.2) is 14.3 Å². The topological polar surface area (TPSA) is 113 Å². The first-order valence-corrected chi connectivity index (χ1v) is 7.27. The van der Waals surface area contributed by atoms with Gasteiger partial charge in [0.1, 0.15) is 10.8 Å². The summed E-state index contributed by atoms with van der Waals surface area (Å²) < 4.78 is 22.7. The van der Waals surface area contributed by atoms with Gasteiger partial charge >= 0.3 is 0 Å². The second-order valence-electron chi connectivity index (χ2n) is 4.00. The first-order chi connectivity index (χ1) is 8.90. The predicted molar refractivity (Wildman–Crippen MR) is 70.5 cm³/mol. The van der Waals surface area contributed by atoms with Gasteiger partial charge in [-0.15, -0.1) is 0 Å². The van der Waals surface area contributed by atoms with Crippen molar-refractivity contribution < 1.29 is 13.2 Å². The summed E-state index contributed by atoms with van der Waals surface area (Å²) in [5.41, 5.74) is 0.0892. The predicted octanol–water partition coefficient (Wildman–Crippen LogP) is 1.21. The highest BCUT2D eigenvalue weighted by Crippen LogP contribution is 2.20. The zero-order valence-corrected chi connectivity index (χ0v) is 11.3. The molecule has 6 nitrogen and oxygen atoms in total. The number of hydrogen-bond donors (Lipinski definition) is 2. The van der Waals surface area contributed by atoms with E-state index >= 15 is 0 Å². The molecule has 0 heterocycles. The van der Waals surface area contributed by atoms with Crippen LogP contribution in [0.5, 0.6) is 0 Å². The second-order valence-corrected chi connectivity index (χ2v) is 5.53. The van der Waals surface area contributed by atoms with E-state index in [0.717, 1.165) is 0 Å². The maximum atomic E-state index is 11.8. The molecule has 7 heteroatoms. The van der Waals surface area contributed by atoms with Gasteiger partial charge in [0.15, 0.2) is 0 Å². The van der Waals surface area contributed by atoms with Crippen LogP contribution in [0.4, 0.5) is 5.69 Å². The highest BCUT2D eigenvalue weighted by molar-refractivity contribution is 7.89. The fraction of sp³-hybridized carbons (Fsp3) is 0.333. The Kier molecular flexibility index (Phi) is 5.03. The molecule has 0 aromatic heterocycles. The lowest BCUT2D eigenvalue weighted by atomic mass is 10.0. The van der Waals surface area contributed by atoms with Crippen LogP contribution in [0.1, 0.15) is 19.8 Å². The van der Waals surface area contributed by atoms with Crippen molar-refractivity contribution in [1.29, 1.82) is 5.26 Å². The highest BCUT2D eigenvalue weighted by atomic mass is 32.2. The number of carbonyl (C=O) groups is 1. The average Bonchev–Trinajstić information content (AvgIpc) is 2.35. The summed E-state index contributed by atoms with van der Waals surface area (Å²) in [6.45, 7) is 1.86. The molecule has 0 aliphatic rings. The summed E-state index contributed by atoms with van der Waals surface area (Å²) in [7, 11) is -3.92. The van der Waals surface area contributed by atoms with Gasteiger partial charge in [0.05, 0.1) is 11.8 Å². The van der Waals surface area contributed by atoms with Crippen LogP contribution in [0.3, 0.4) is 0 Å². The Bertz CT molecular complexity index is 605. The Labute approximate surface area is 112 Å². The highest BCUT2D eigenvalue weighted by Gasteiger charge is 2.20. The Morgan fingerprint density at radius 2 is 2.11 bits per heavy atom. The van der Waals surface area contributed by atoms with Crippen LogP contribution >= 0.6 is 0 Å². The lowest BCUT2D eigenvalue weighted by Gasteiger charge is -2.11. The SMILES string of the molecule is CCCC(C#N)C(=O)Nc1ccccc1S(N)(=O)=O. The van der Waals surface area contributed by atoms with Gasteiger partial charge in [0.2, 0.25) is 15.9 Å². The van der Waals surface area contributed by atoms with Crippen molar-refractivity contribution in [3.05, 3.63) is 24.3 Å². The molecule has 102 valence electrons. The summed E-state index contributed by atoms with van der Waals surface area (Å²) >= 11 is 0. The monoisotopic (exact) mass is 281 g/mol. The number of hydrogen-bond acceptors (Lipinski definition) is 4. The van der Waals surface area contributed by atoms with E-state index in [9.17, 15) is 13.2 Å². The molecule has 0 bridgehead atoms. The number of rotatable bonds is 5. The Balaban J connectivity index is 3.01. The van der Waals surface area contributed by atoms with Gasteiger partial charge in [0, 0.05) is 0 Å². The summed E-state index contributed by atoms with van der Waals surface area (Å²) in [6.07, 6.45) is 1.10. The molecule has 1 atom stereocenters. The number of nitrogens with zero attached hydrogens (tertiary/aromatic N) is 1. The van der Waals surface area contributed by atoms with Crippen LogP contribution in [0.25, 0.3) is 0 Å². The quantitative estimate of drug-likeness (QED) is 0.844. The molecule has 0 radical (unpaired) electrons. The van der Waals surface area contributed by atoms with Gasteiger partial charge in [-0.3, -0.25) is 4.79 Å². The minimum absolute atomic E-state index is 0.0892. The van der Waals surface area contributed by atoms with Gasteiger partial charge in [-0.1, -0.05) is 25.5 Å². The number of primary sulfonamides is 1. The minimum atomic E-state index is -3.92. The first-order valence-electron chi connectivity index (χ1n) is 5.72. The van der Waals surface area contributed by atoms with E-state index in [1.54, 1.807) is 6.07 Å². The van der Waals surface area contributed by atoms with Gasteiger partial charge in [-0.05, 0) is 18.6 Å². The van der Waals surface area contributed by atoms with E-state index in [1.165, 1.54) is 18.2 Å². The maximum absolute atomic E-state index is 11.8. The van der Waals surface area contributed by atoms with E-state index < -0.39 is 21.8 Å². The number of sulfonamides is 1. The minimum Gasteiger partial charge on any atom is -0.324 e. The fourth-order valence-electron chi connectivity index (χ4n) is 1.58. The largest absolute Gasteiger partial charge is 0.324 e. The molecule has 1 aromatic rings. The smallest absolute Gasteiger partial charge is 0.241 e. The van der Waals surface area contributed by atoms with E-state index in [0.29, 0.717) is 12.8 Å². The molecule has 0 saturated carbocycles. The Morgan fingerprint density at radius 3 is 2.63 bits per heavy atom. The molecule has 19 heavy (non-hydrogen) atoms. The molecule has 1 rings (SSSR count). The normalized spacial score (nSPS) is 12.5. The number of nitrogens with one attached hydrogen (secondary N) is 1. The summed E-state index contributed by atoms with van der Waals surface area (Å²) in [5, 5.41) is 16.4. The van der Waals surface area contributed by atoms with Gasteiger partial charge in [-0.2, -0.15) is 5.26 Å². The lowest BCUT2D eigenvalue weighted by Crippen LogP contribution is -2.23. The third-order valence-corrected chi connectivity index (χ3v) is 3.47. The van der Waals surface area contributed by atoms with Crippen molar-refractivity contribution >= 4 is 21.6 Å². The molecular weight excluding hydrogens is 266 g/mol. The van der Waals surface area contributed by atoms with Crippen LogP contribution < -0.4 is 10.5 Å². The average molecular weight is 281 g/mol. The molecule has 1 unspecified atom stereocenters. The number of anilines is 1. The van der Waals surface area contributed by atoms with E-state index in [2.05, 4.69) is 5.32 Å². The molecule has 0 aliphatic heterocycles.